The van der Waals surface area contributed by atoms with E-state index in [1.165, 1.54) is 103 Å². The molecule has 2 unspecified atom stereocenters. The molecule has 0 aliphatic heterocycles. The molecule has 0 fully saturated rings. The molecule has 7 nitrogen and oxygen atoms in total. The quantitative estimate of drug-likeness (QED) is 0.0371. The van der Waals surface area contributed by atoms with E-state index in [1.807, 2.05) is 0 Å². The number of nitrogens with zero attached hydrogens (tertiary/aromatic N) is 1. The number of thiocarbonyl (C=S) groups is 1. The average molecular weight is 726 g/mol. The van der Waals surface area contributed by atoms with Gasteiger partial charge >= 0.3 is 11.9 Å². The van der Waals surface area contributed by atoms with Crippen LogP contribution in [0.4, 0.5) is 0 Å². The van der Waals surface area contributed by atoms with Crippen LogP contribution in [-0.4, -0.2) is 61.3 Å². The Labute approximate surface area is 315 Å². The maximum Gasteiger partial charge on any atom is 0.308 e. The van der Waals surface area contributed by atoms with E-state index >= 15 is 0 Å². The third-order valence-electron chi connectivity index (χ3n) is 9.87. The molecule has 296 valence electrons. The summed E-state index contributed by atoms with van der Waals surface area (Å²) >= 11 is 5.74. The van der Waals surface area contributed by atoms with Crippen molar-refractivity contribution in [1.82, 2.24) is 10.2 Å². The van der Waals surface area contributed by atoms with E-state index in [-0.39, 0.29) is 23.8 Å². The van der Waals surface area contributed by atoms with Crippen molar-refractivity contribution in [2.75, 3.05) is 39.4 Å². The van der Waals surface area contributed by atoms with Crippen LogP contribution in [0.5, 0.6) is 0 Å². The van der Waals surface area contributed by atoms with Crippen LogP contribution in [0.2, 0.25) is 0 Å². The molecule has 0 bridgehead atoms. The van der Waals surface area contributed by atoms with Crippen molar-refractivity contribution in [1.29, 1.82) is 0 Å². The number of rotatable bonds is 37. The molecule has 0 heterocycles. The number of hydrogen-bond acceptors (Lipinski definition) is 6. The van der Waals surface area contributed by atoms with Crippen LogP contribution < -0.4 is 11.1 Å². The second-order valence-electron chi connectivity index (χ2n) is 14.6. The normalized spacial score (nSPS) is 12.4. The summed E-state index contributed by atoms with van der Waals surface area (Å²) in [5, 5.41) is 4.02. The first-order valence-electron chi connectivity index (χ1n) is 21.5. The SMILES string of the molecule is CCCCCCCCC(CCCCCC)C(=O)OCCCN(CCCOC(=O)C(CCCCCC)CCCCCCCC)C(=S)NCCCN. The van der Waals surface area contributed by atoms with Crippen molar-refractivity contribution in [3.8, 4) is 0 Å². The van der Waals surface area contributed by atoms with Crippen LogP contribution in [-0.2, 0) is 19.1 Å². The summed E-state index contributed by atoms with van der Waals surface area (Å²) < 4.78 is 11.7. The molecule has 0 amide bonds. The predicted molar refractivity (Wildman–Crippen MR) is 217 cm³/mol. The Kier molecular flexibility index (Phi) is 36.3. The molecule has 0 aliphatic rings. The first-order chi connectivity index (χ1) is 24.4. The number of ether oxygens (including phenoxy) is 2. The van der Waals surface area contributed by atoms with E-state index < -0.39 is 0 Å². The molecule has 0 rings (SSSR count). The number of nitrogens with two attached hydrogens (primary N) is 1. The van der Waals surface area contributed by atoms with E-state index in [1.54, 1.807) is 0 Å². The minimum absolute atomic E-state index is 0.0133. The second kappa shape index (κ2) is 37.4. The molecule has 3 N–H and O–H groups in total. The van der Waals surface area contributed by atoms with Crippen LogP contribution >= 0.6 is 12.2 Å². The predicted octanol–water partition coefficient (Wildman–Crippen LogP) is 11.1. The maximum absolute atomic E-state index is 13.1. The van der Waals surface area contributed by atoms with Gasteiger partial charge < -0.3 is 25.4 Å². The molecule has 8 heteroatoms. The van der Waals surface area contributed by atoms with Gasteiger partial charge in [0.15, 0.2) is 5.11 Å². The van der Waals surface area contributed by atoms with Gasteiger partial charge in [-0.2, -0.15) is 0 Å². The van der Waals surface area contributed by atoms with E-state index in [0.29, 0.717) is 50.8 Å². The lowest BCUT2D eigenvalue weighted by Crippen LogP contribution is -2.42. The number of nitrogens with one attached hydrogen (secondary N) is 1. The molecule has 0 aromatic heterocycles. The summed E-state index contributed by atoms with van der Waals surface area (Å²) in [5.41, 5.74) is 5.70. The van der Waals surface area contributed by atoms with E-state index in [4.69, 9.17) is 27.4 Å². The van der Waals surface area contributed by atoms with Gasteiger partial charge in [-0.15, -0.1) is 0 Å². The Morgan fingerprint density at radius 3 is 1.24 bits per heavy atom. The largest absolute Gasteiger partial charge is 0.465 e. The molecule has 0 spiro atoms. The highest BCUT2D eigenvalue weighted by atomic mass is 32.1. The fourth-order valence-corrected chi connectivity index (χ4v) is 6.84. The molecule has 2 atom stereocenters. The zero-order chi connectivity index (χ0) is 36.9. The molecule has 0 radical (unpaired) electrons. The van der Waals surface area contributed by atoms with E-state index in [2.05, 4.69) is 37.9 Å². The van der Waals surface area contributed by atoms with E-state index in [9.17, 15) is 9.59 Å². The standard InChI is InChI=1S/C42H83N3O4S/c1-5-9-13-17-19-23-30-38(28-21-15-11-7-3)40(46)48-36-26-34-45(42(50)44-33-25-32-43)35-27-37-49-41(47)39(29-22-16-12-8-4)31-24-20-18-14-10-6-2/h38-39H,5-37,43H2,1-4H3,(H,44,50). The Hall–Kier alpha value is -1.41. The zero-order valence-electron chi connectivity index (χ0n) is 33.6. The number of unbranched alkanes of at least 4 members (excludes halogenated alkanes) is 16. The lowest BCUT2D eigenvalue weighted by molar-refractivity contribution is -0.150. The number of carbonyl (C=O) groups excluding carboxylic acids is 2. The molecule has 0 aromatic rings. The molecular weight excluding hydrogens is 643 g/mol. The fourth-order valence-electron chi connectivity index (χ4n) is 6.55. The Balaban J connectivity index is 4.92. The van der Waals surface area contributed by atoms with Crippen LogP contribution in [0.3, 0.4) is 0 Å². The molecule has 0 aromatic carbocycles. The highest BCUT2D eigenvalue weighted by Crippen LogP contribution is 2.22. The van der Waals surface area contributed by atoms with Crippen molar-refractivity contribution in [2.24, 2.45) is 17.6 Å². The number of carbonyl (C=O) groups is 2. The zero-order valence-corrected chi connectivity index (χ0v) is 34.4. The van der Waals surface area contributed by atoms with Gasteiger partial charge in [0.05, 0.1) is 25.0 Å². The molecule has 0 saturated heterocycles. The topological polar surface area (TPSA) is 93.9 Å². The monoisotopic (exact) mass is 726 g/mol. The minimum atomic E-state index is -0.0256. The first kappa shape index (κ1) is 48.6. The van der Waals surface area contributed by atoms with Gasteiger partial charge in [0.1, 0.15) is 0 Å². The Morgan fingerprint density at radius 2 is 0.880 bits per heavy atom. The van der Waals surface area contributed by atoms with Crippen LogP contribution in [0.25, 0.3) is 0 Å². The summed E-state index contributed by atoms with van der Waals surface area (Å²) in [7, 11) is 0. The number of esters is 2. The lowest BCUT2D eigenvalue weighted by atomic mass is 9.94. The van der Waals surface area contributed by atoms with Gasteiger partial charge in [0.25, 0.3) is 0 Å². The fraction of sp³-hybridized carbons (Fsp3) is 0.929. The molecule has 0 aliphatic carbocycles. The minimum Gasteiger partial charge on any atom is -0.465 e. The van der Waals surface area contributed by atoms with Gasteiger partial charge in [-0.3, -0.25) is 9.59 Å². The highest BCUT2D eigenvalue weighted by Gasteiger charge is 2.21. The second-order valence-corrected chi connectivity index (χ2v) is 15.0. The van der Waals surface area contributed by atoms with Gasteiger partial charge in [-0.25, -0.2) is 0 Å². The molecule has 0 saturated carbocycles. The molecule has 50 heavy (non-hydrogen) atoms. The van der Waals surface area contributed by atoms with E-state index in [0.717, 1.165) is 64.3 Å². The maximum atomic E-state index is 13.1. The summed E-state index contributed by atoms with van der Waals surface area (Å²) in [6.45, 7) is 12.4. The van der Waals surface area contributed by atoms with Crippen LogP contribution in [0.15, 0.2) is 0 Å². The van der Waals surface area contributed by atoms with Gasteiger partial charge in [0, 0.05) is 19.6 Å². The highest BCUT2D eigenvalue weighted by molar-refractivity contribution is 7.80. The Bertz CT molecular complexity index is 732. The third kappa shape index (κ3) is 29.2. The van der Waals surface area contributed by atoms with Crippen molar-refractivity contribution < 1.29 is 19.1 Å². The van der Waals surface area contributed by atoms with Gasteiger partial charge in [-0.05, 0) is 63.7 Å². The summed E-state index contributed by atoms with van der Waals surface area (Å²) in [4.78, 5) is 28.4. The number of hydrogen-bond donors (Lipinski definition) is 2. The van der Waals surface area contributed by atoms with Crippen LogP contribution in [0, 0.1) is 11.8 Å². The third-order valence-corrected chi connectivity index (χ3v) is 10.3. The lowest BCUT2D eigenvalue weighted by Gasteiger charge is -2.26. The van der Waals surface area contributed by atoms with Crippen molar-refractivity contribution in [2.45, 2.75) is 201 Å². The summed E-state index contributed by atoms with van der Waals surface area (Å²) in [6, 6.07) is 0. The van der Waals surface area contributed by atoms with Crippen molar-refractivity contribution in [3.05, 3.63) is 0 Å². The van der Waals surface area contributed by atoms with Crippen molar-refractivity contribution in [3.63, 3.8) is 0 Å². The van der Waals surface area contributed by atoms with Crippen molar-refractivity contribution >= 4 is 29.3 Å². The average Bonchev–Trinajstić information content (AvgIpc) is 3.11. The van der Waals surface area contributed by atoms with Crippen LogP contribution in [0.1, 0.15) is 201 Å². The first-order valence-corrected chi connectivity index (χ1v) is 21.9. The summed E-state index contributed by atoms with van der Waals surface area (Å²) in [6.07, 6.45) is 30.3. The van der Waals surface area contributed by atoms with Gasteiger partial charge in [0.2, 0.25) is 0 Å². The Morgan fingerprint density at radius 1 is 0.540 bits per heavy atom. The smallest absolute Gasteiger partial charge is 0.308 e. The summed E-state index contributed by atoms with van der Waals surface area (Å²) in [5.74, 6) is -0.0246. The van der Waals surface area contributed by atoms with Gasteiger partial charge in [-0.1, -0.05) is 156 Å². The molecular formula is C42H83N3O4S.